The van der Waals surface area contributed by atoms with Crippen molar-refractivity contribution in [1.82, 2.24) is 4.98 Å². The first-order valence-electron chi connectivity index (χ1n) is 5.04. The molecule has 0 aliphatic heterocycles. The van der Waals surface area contributed by atoms with Gasteiger partial charge < -0.3 is 4.42 Å². The molecule has 0 spiro atoms. The minimum atomic E-state index is -0.155. The summed E-state index contributed by atoms with van der Waals surface area (Å²) in [6.07, 6.45) is 6.55. The van der Waals surface area contributed by atoms with E-state index in [1.807, 2.05) is 6.07 Å². The van der Waals surface area contributed by atoms with Crippen LogP contribution in [0.15, 0.2) is 45.6 Å². The number of furan rings is 1. The summed E-state index contributed by atoms with van der Waals surface area (Å²) in [5.74, 6) is 0.922. The number of aromatic nitrogens is 1. The maximum Gasteiger partial charge on any atom is 0.221 e. The van der Waals surface area contributed by atoms with Gasteiger partial charge in [-0.1, -0.05) is 0 Å². The third-order valence-electron chi connectivity index (χ3n) is 2.14. The van der Waals surface area contributed by atoms with E-state index in [4.69, 9.17) is 4.42 Å². The molecule has 3 nitrogen and oxygen atoms in total. The van der Waals surface area contributed by atoms with Crippen LogP contribution in [0.1, 0.15) is 21.9 Å². The van der Waals surface area contributed by atoms with Crippen LogP contribution < -0.4 is 0 Å². The molecular weight excluding hydrogens is 282 g/mol. The fraction of sp³-hybridized carbons (Fsp3) is 0.0769. The Morgan fingerprint density at radius 1 is 1.41 bits per heavy atom. The van der Waals surface area contributed by atoms with Crippen LogP contribution in [0.3, 0.4) is 0 Å². The molecule has 0 bridgehead atoms. The lowest BCUT2D eigenvalue weighted by molar-refractivity contribution is 0.102. The van der Waals surface area contributed by atoms with Gasteiger partial charge in [-0.15, -0.1) is 0 Å². The summed E-state index contributed by atoms with van der Waals surface area (Å²) in [6.45, 7) is 1.80. The van der Waals surface area contributed by atoms with E-state index in [0.717, 1.165) is 15.8 Å². The van der Waals surface area contributed by atoms with Crippen LogP contribution in [0.25, 0.3) is 6.08 Å². The van der Waals surface area contributed by atoms with Gasteiger partial charge in [-0.3, -0.25) is 9.78 Å². The lowest BCUT2D eigenvalue weighted by atomic mass is 10.2. The van der Waals surface area contributed by atoms with Crippen LogP contribution >= 0.6 is 15.9 Å². The Balaban J connectivity index is 2.13. The Labute approximate surface area is 107 Å². The highest BCUT2D eigenvalue weighted by molar-refractivity contribution is 9.10. The van der Waals surface area contributed by atoms with Crippen LogP contribution in [-0.2, 0) is 0 Å². The average Bonchev–Trinajstić information content (AvgIpc) is 2.73. The van der Waals surface area contributed by atoms with Gasteiger partial charge in [0.2, 0.25) is 5.78 Å². The molecule has 0 fully saturated rings. The van der Waals surface area contributed by atoms with Gasteiger partial charge in [-0.05, 0) is 58.8 Å². The number of halogens is 1. The number of hydrogen-bond acceptors (Lipinski definition) is 3. The van der Waals surface area contributed by atoms with Crippen LogP contribution in [0.2, 0.25) is 0 Å². The van der Waals surface area contributed by atoms with Crippen molar-refractivity contribution in [2.45, 2.75) is 6.92 Å². The van der Waals surface area contributed by atoms with Crippen LogP contribution in [0.4, 0.5) is 0 Å². The van der Waals surface area contributed by atoms with Gasteiger partial charge >= 0.3 is 0 Å². The molecule has 0 unspecified atom stereocenters. The number of carbonyl (C=O) groups excluding carboxylic acids is 1. The molecule has 2 rings (SSSR count). The summed E-state index contributed by atoms with van der Waals surface area (Å²) < 4.78 is 6.11. The summed E-state index contributed by atoms with van der Waals surface area (Å²) in [7, 11) is 0. The van der Waals surface area contributed by atoms with E-state index in [9.17, 15) is 4.79 Å². The zero-order chi connectivity index (χ0) is 12.3. The molecule has 0 N–H and O–H groups in total. The highest BCUT2D eigenvalue weighted by Gasteiger charge is 2.05. The monoisotopic (exact) mass is 291 g/mol. The molecule has 2 aromatic rings. The topological polar surface area (TPSA) is 43.1 Å². The molecule has 0 aliphatic carbocycles. The molecule has 0 amide bonds. The van der Waals surface area contributed by atoms with Crippen LogP contribution in [-0.4, -0.2) is 10.8 Å². The van der Waals surface area contributed by atoms with Crippen molar-refractivity contribution in [3.63, 3.8) is 0 Å². The first-order valence-corrected chi connectivity index (χ1v) is 5.84. The number of nitrogens with zero attached hydrogens (tertiary/aromatic N) is 1. The van der Waals surface area contributed by atoms with E-state index < -0.39 is 0 Å². The number of aryl methyl sites for hydroxylation is 1. The molecule has 0 saturated heterocycles. The molecule has 0 saturated carbocycles. The molecule has 0 atom stereocenters. The molecule has 0 radical (unpaired) electrons. The molecule has 17 heavy (non-hydrogen) atoms. The Morgan fingerprint density at radius 3 is 2.88 bits per heavy atom. The zero-order valence-electron chi connectivity index (χ0n) is 9.18. The van der Waals surface area contributed by atoms with Gasteiger partial charge in [0.25, 0.3) is 0 Å². The third kappa shape index (κ3) is 3.14. The van der Waals surface area contributed by atoms with Gasteiger partial charge in [0.1, 0.15) is 5.76 Å². The number of carbonyl (C=O) groups is 1. The number of hydrogen-bond donors (Lipinski definition) is 0. The van der Waals surface area contributed by atoms with Crippen molar-refractivity contribution < 1.29 is 9.21 Å². The van der Waals surface area contributed by atoms with E-state index >= 15 is 0 Å². The lowest BCUT2D eigenvalue weighted by Crippen LogP contribution is -1.90. The largest absolute Gasteiger partial charge is 0.458 e. The summed E-state index contributed by atoms with van der Waals surface area (Å²) >= 11 is 3.32. The fourth-order valence-corrected chi connectivity index (χ4v) is 1.72. The second-order valence-electron chi connectivity index (χ2n) is 3.54. The third-order valence-corrected chi connectivity index (χ3v) is 2.57. The van der Waals surface area contributed by atoms with E-state index in [1.165, 1.54) is 6.08 Å². The number of ketones is 1. The summed E-state index contributed by atoms with van der Waals surface area (Å²) in [5.41, 5.74) is 0.857. The van der Waals surface area contributed by atoms with Gasteiger partial charge in [-0.25, -0.2) is 0 Å². The van der Waals surface area contributed by atoms with Crippen molar-refractivity contribution in [1.29, 1.82) is 0 Å². The molecule has 2 heterocycles. The standard InChI is InChI=1S/C13H10BrNO2/c1-9-2-5-13(17-9)12(16)4-3-10-6-11(14)8-15-7-10/h2-8H,1H3. The predicted molar refractivity (Wildman–Crippen MR) is 68.7 cm³/mol. The minimum absolute atomic E-state index is 0.155. The van der Waals surface area contributed by atoms with Gasteiger partial charge in [0.15, 0.2) is 5.76 Å². The first-order chi connectivity index (χ1) is 8.15. The lowest BCUT2D eigenvalue weighted by Gasteiger charge is -1.93. The molecular formula is C13H10BrNO2. The Bertz CT molecular complexity index is 572. The van der Waals surface area contributed by atoms with Crippen LogP contribution in [0, 0.1) is 6.92 Å². The maximum atomic E-state index is 11.7. The van der Waals surface area contributed by atoms with Crippen LogP contribution in [0.5, 0.6) is 0 Å². The van der Waals surface area contributed by atoms with Crippen molar-refractivity contribution in [2.24, 2.45) is 0 Å². The number of allylic oxidation sites excluding steroid dienone is 1. The Morgan fingerprint density at radius 2 is 2.24 bits per heavy atom. The molecule has 0 aromatic carbocycles. The number of rotatable bonds is 3. The average molecular weight is 292 g/mol. The van der Waals surface area contributed by atoms with E-state index in [1.54, 1.807) is 37.5 Å². The summed E-state index contributed by atoms with van der Waals surface area (Å²) in [4.78, 5) is 15.7. The second kappa shape index (κ2) is 5.10. The normalized spacial score (nSPS) is 10.9. The SMILES string of the molecule is Cc1ccc(C(=O)C=Cc2cncc(Br)c2)o1. The first kappa shape index (κ1) is 11.8. The predicted octanol–water partition coefficient (Wildman–Crippen LogP) is 3.64. The fourth-order valence-electron chi connectivity index (χ4n) is 1.34. The Hall–Kier alpha value is -1.68. The summed E-state index contributed by atoms with van der Waals surface area (Å²) in [6, 6.07) is 5.31. The van der Waals surface area contributed by atoms with Crippen molar-refractivity contribution >= 4 is 27.8 Å². The molecule has 2 aromatic heterocycles. The smallest absolute Gasteiger partial charge is 0.221 e. The molecule has 86 valence electrons. The molecule has 0 aliphatic rings. The highest BCUT2D eigenvalue weighted by atomic mass is 79.9. The van der Waals surface area contributed by atoms with Crippen molar-refractivity contribution in [2.75, 3.05) is 0 Å². The van der Waals surface area contributed by atoms with Gasteiger partial charge in [0, 0.05) is 16.9 Å². The molecule has 4 heteroatoms. The van der Waals surface area contributed by atoms with Gasteiger partial charge in [0.05, 0.1) is 0 Å². The van der Waals surface area contributed by atoms with Crippen molar-refractivity contribution in [3.8, 4) is 0 Å². The maximum absolute atomic E-state index is 11.7. The minimum Gasteiger partial charge on any atom is -0.458 e. The van der Waals surface area contributed by atoms with Crippen molar-refractivity contribution in [3.05, 3.63) is 58.2 Å². The zero-order valence-corrected chi connectivity index (χ0v) is 10.8. The van der Waals surface area contributed by atoms with E-state index in [-0.39, 0.29) is 5.78 Å². The van der Waals surface area contributed by atoms with E-state index in [0.29, 0.717) is 5.76 Å². The van der Waals surface area contributed by atoms with Gasteiger partial charge in [-0.2, -0.15) is 0 Å². The summed E-state index contributed by atoms with van der Waals surface area (Å²) in [5, 5.41) is 0. The Kier molecular flexibility index (Phi) is 3.54. The number of pyridine rings is 1. The quantitative estimate of drug-likeness (QED) is 0.640. The second-order valence-corrected chi connectivity index (χ2v) is 4.46. The van der Waals surface area contributed by atoms with E-state index in [2.05, 4.69) is 20.9 Å². The highest BCUT2D eigenvalue weighted by Crippen LogP contribution is 2.12.